The van der Waals surface area contributed by atoms with Crippen LogP contribution in [0.1, 0.15) is 11.6 Å². The first kappa shape index (κ1) is 15.4. The number of benzene rings is 1. The molecular formula is C13H16F3N3O2. The second kappa shape index (κ2) is 6.21. The van der Waals surface area contributed by atoms with E-state index in [9.17, 15) is 13.2 Å². The zero-order valence-corrected chi connectivity index (χ0v) is 11.4. The molecule has 0 fully saturated rings. The highest BCUT2D eigenvalue weighted by Gasteiger charge is 2.31. The Kier molecular flexibility index (Phi) is 4.56. The third-order valence-corrected chi connectivity index (χ3v) is 3.13. The van der Waals surface area contributed by atoms with Gasteiger partial charge in [0, 0.05) is 13.7 Å². The number of halogens is 3. The van der Waals surface area contributed by atoms with Gasteiger partial charge in [0.2, 0.25) is 0 Å². The van der Waals surface area contributed by atoms with Gasteiger partial charge in [-0.15, -0.1) is 13.2 Å². The first-order valence-electron chi connectivity index (χ1n) is 6.32. The van der Waals surface area contributed by atoms with Gasteiger partial charge in [0.05, 0.1) is 19.2 Å². The molecule has 8 heteroatoms. The maximum Gasteiger partial charge on any atom is 0.573 e. The number of rotatable bonds is 5. The summed E-state index contributed by atoms with van der Waals surface area (Å²) in [4.78, 5) is 6.03. The monoisotopic (exact) mass is 303 g/mol. The topological polar surface area (TPSA) is 60.1 Å². The Morgan fingerprint density at radius 1 is 1.33 bits per heavy atom. The number of nitrogens with zero attached hydrogens (tertiary/aromatic N) is 2. The van der Waals surface area contributed by atoms with Crippen molar-refractivity contribution in [3.63, 3.8) is 0 Å². The van der Waals surface area contributed by atoms with Crippen LogP contribution in [0.4, 0.5) is 13.2 Å². The van der Waals surface area contributed by atoms with E-state index in [2.05, 4.69) is 9.73 Å². The van der Waals surface area contributed by atoms with Crippen LogP contribution in [0.15, 0.2) is 29.3 Å². The molecule has 1 aromatic carbocycles. The molecule has 1 aliphatic rings. The van der Waals surface area contributed by atoms with Crippen molar-refractivity contribution < 1.29 is 22.6 Å². The molecule has 0 radical (unpaired) electrons. The number of aliphatic imine (C=N–C) groups is 1. The average molecular weight is 303 g/mol. The van der Waals surface area contributed by atoms with Crippen LogP contribution in [0.25, 0.3) is 0 Å². The van der Waals surface area contributed by atoms with Crippen molar-refractivity contribution in [2.75, 3.05) is 26.8 Å². The molecule has 0 saturated carbocycles. The Balaban J connectivity index is 2.07. The molecule has 1 aliphatic heterocycles. The van der Waals surface area contributed by atoms with Gasteiger partial charge >= 0.3 is 6.36 Å². The Morgan fingerprint density at radius 3 is 2.57 bits per heavy atom. The third-order valence-electron chi connectivity index (χ3n) is 3.13. The number of alkyl halides is 3. The number of hydrogen-bond acceptors (Lipinski definition) is 5. The smallest absolute Gasteiger partial charge is 0.406 e. The molecule has 5 nitrogen and oxygen atoms in total. The van der Waals surface area contributed by atoms with Gasteiger partial charge in [-0.2, -0.15) is 0 Å². The number of hydrogen-bond donors (Lipinski definition) is 1. The van der Waals surface area contributed by atoms with Crippen LogP contribution in [0, 0.1) is 0 Å². The number of guanidine groups is 1. The molecule has 1 atom stereocenters. The van der Waals surface area contributed by atoms with Crippen LogP contribution in [0.5, 0.6) is 5.75 Å². The fraction of sp³-hybridized carbons (Fsp3) is 0.462. The van der Waals surface area contributed by atoms with Crippen LogP contribution in [0.2, 0.25) is 0 Å². The lowest BCUT2D eigenvalue weighted by Gasteiger charge is -2.26. The van der Waals surface area contributed by atoms with Crippen molar-refractivity contribution in [3.05, 3.63) is 29.8 Å². The van der Waals surface area contributed by atoms with E-state index >= 15 is 0 Å². The van der Waals surface area contributed by atoms with Crippen LogP contribution in [-0.2, 0) is 4.74 Å². The molecule has 1 unspecified atom stereocenters. The Hall–Kier alpha value is -1.96. The summed E-state index contributed by atoms with van der Waals surface area (Å²) in [5, 5.41) is 0. The van der Waals surface area contributed by atoms with Crippen LogP contribution in [-0.4, -0.2) is 44.0 Å². The normalized spacial score (nSPS) is 18.8. The summed E-state index contributed by atoms with van der Waals surface area (Å²) in [6, 6.07) is 5.64. The lowest BCUT2D eigenvalue weighted by molar-refractivity contribution is -0.274. The molecule has 0 saturated heterocycles. The SMILES string of the molecule is COCCN1C(N)=NCC1c1ccc(OC(F)(F)F)cc1. The third kappa shape index (κ3) is 4.01. The summed E-state index contributed by atoms with van der Waals surface area (Å²) in [5.41, 5.74) is 6.63. The highest BCUT2D eigenvalue weighted by Crippen LogP contribution is 2.28. The largest absolute Gasteiger partial charge is 0.573 e. The minimum absolute atomic E-state index is 0.0971. The number of nitrogens with two attached hydrogens (primary N) is 1. The number of ether oxygens (including phenoxy) is 2. The van der Waals surface area contributed by atoms with E-state index in [0.29, 0.717) is 25.7 Å². The molecule has 116 valence electrons. The molecule has 0 amide bonds. The molecule has 1 heterocycles. The first-order valence-corrected chi connectivity index (χ1v) is 6.32. The van der Waals surface area contributed by atoms with Crippen LogP contribution >= 0.6 is 0 Å². The standard InChI is InChI=1S/C13H16F3N3O2/c1-20-7-6-19-11(8-18-12(19)17)9-2-4-10(5-3-9)21-13(14,15)16/h2-5,11H,6-8H2,1H3,(H2,17,18). The molecular weight excluding hydrogens is 287 g/mol. The van der Waals surface area contributed by atoms with Gasteiger partial charge in [0.15, 0.2) is 5.96 Å². The zero-order valence-electron chi connectivity index (χ0n) is 11.4. The van der Waals surface area contributed by atoms with Gasteiger partial charge in [-0.05, 0) is 17.7 Å². The Bertz CT molecular complexity index is 502. The maximum absolute atomic E-state index is 12.1. The molecule has 0 aromatic heterocycles. The summed E-state index contributed by atoms with van der Waals surface area (Å²) >= 11 is 0. The van der Waals surface area contributed by atoms with Crippen molar-refractivity contribution in [1.82, 2.24) is 4.90 Å². The van der Waals surface area contributed by atoms with Crippen molar-refractivity contribution in [2.45, 2.75) is 12.4 Å². The maximum atomic E-state index is 12.1. The van der Waals surface area contributed by atoms with Crippen molar-refractivity contribution in [2.24, 2.45) is 10.7 Å². The average Bonchev–Trinajstić information content (AvgIpc) is 2.77. The van der Waals surface area contributed by atoms with Gasteiger partial charge in [0.1, 0.15) is 5.75 Å². The summed E-state index contributed by atoms with van der Waals surface area (Å²) in [7, 11) is 1.59. The lowest BCUT2D eigenvalue weighted by atomic mass is 10.1. The highest BCUT2D eigenvalue weighted by atomic mass is 19.4. The summed E-state index contributed by atoms with van der Waals surface area (Å²) in [6.45, 7) is 1.52. The lowest BCUT2D eigenvalue weighted by Crippen LogP contribution is -2.38. The molecule has 2 N–H and O–H groups in total. The van der Waals surface area contributed by atoms with Crippen LogP contribution < -0.4 is 10.5 Å². The quantitative estimate of drug-likeness (QED) is 0.902. The second-order valence-electron chi connectivity index (χ2n) is 4.52. The minimum atomic E-state index is -4.69. The molecule has 21 heavy (non-hydrogen) atoms. The van der Waals surface area contributed by atoms with Gasteiger partial charge in [-0.25, -0.2) is 0 Å². The Morgan fingerprint density at radius 2 is 2.00 bits per heavy atom. The van der Waals surface area contributed by atoms with Crippen LogP contribution in [0.3, 0.4) is 0 Å². The van der Waals surface area contributed by atoms with Gasteiger partial charge in [0.25, 0.3) is 0 Å². The van der Waals surface area contributed by atoms with Gasteiger partial charge in [-0.3, -0.25) is 4.99 Å². The van der Waals surface area contributed by atoms with E-state index in [-0.39, 0.29) is 11.8 Å². The first-order chi connectivity index (χ1) is 9.90. The van der Waals surface area contributed by atoms with Crippen molar-refractivity contribution in [1.29, 1.82) is 0 Å². The Labute approximate surface area is 120 Å². The van der Waals surface area contributed by atoms with E-state index in [0.717, 1.165) is 5.56 Å². The van der Waals surface area contributed by atoms with E-state index in [1.165, 1.54) is 12.1 Å². The molecule has 0 spiro atoms. The highest BCUT2D eigenvalue weighted by molar-refractivity contribution is 5.80. The predicted octanol–water partition coefficient (Wildman–Crippen LogP) is 1.90. The van der Waals surface area contributed by atoms with Crippen molar-refractivity contribution >= 4 is 5.96 Å². The van der Waals surface area contributed by atoms with Gasteiger partial charge < -0.3 is 20.1 Å². The second-order valence-corrected chi connectivity index (χ2v) is 4.52. The molecule has 0 aliphatic carbocycles. The number of methoxy groups -OCH3 is 1. The molecule has 2 rings (SSSR count). The predicted molar refractivity (Wildman–Crippen MR) is 70.9 cm³/mol. The zero-order chi connectivity index (χ0) is 15.5. The fourth-order valence-corrected chi connectivity index (χ4v) is 2.17. The van der Waals surface area contributed by atoms with E-state index in [4.69, 9.17) is 10.5 Å². The van der Waals surface area contributed by atoms with Crippen molar-refractivity contribution in [3.8, 4) is 5.75 Å². The summed E-state index contributed by atoms with van der Waals surface area (Å²) in [6.07, 6.45) is -4.69. The van der Waals surface area contributed by atoms with E-state index in [1.807, 2.05) is 4.90 Å². The van der Waals surface area contributed by atoms with E-state index < -0.39 is 6.36 Å². The van der Waals surface area contributed by atoms with Gasteiger partial charge in [-0.1, -0.05) is 12.1 Å². The fourth-order valence-electron chi connectivity index (χ4n) is 2.17. The minimum Gasteiger partial charge on any atom is -0.406 e. The van der Waals surface area contributed by atoms with E-state index in [1.54, 1.807) is 19.2 Å². The molecule has 0 bridgehead atoms. The molecule has 1 aromatic rings. The summed E-state index contributed by atoms with van der Waals surface area (Å²) in [5.74, 6) is 0.161. The summed E-state index contributed by atoms with van der Waals surface area (Å²) < 4.78 is 45.2.